The van der Waals surface area contributed by atoms with Gasteiger partial charge in [0.15, 0.2) is 5.65 Å². The summed E-state index contributed by atoms with van der Waals surface area (Å²) in [5.74, 6) is 0.617. The van der Waals surface area contributed by atoms with Gasteiger partial charge in [0.2, 0.25) is 10.0 Å². The number of benzene rings is 2. The van der Waals surface area contributed by atoms with Crippen LogP contribution in [-0.4, -0.2) is 44.0 Å². The fourth-order valence-electron chi connectivity index (χ4n) is 3.09. The third kappa shape index (κ3) is 4.58. The maximum atomic E-state index is 12.4. The predicted molar refractivity (Wildman–Crippen MR) is 124 cm³/mol. The Morgan fingerprint density at radius 2 is 1.84 bits per heavy atom. The van der Waals surface area contributed by atoms with E-state index in [-0.39, 0.29) is 11.4 Å². The number of nitrogens with zero attached hydrogens (tertiary/aromatic N) is 3. The zero-order valence-electron chi connectivity index (χ0n) is 16.7. The number of halogens is 1. The van der Waals surface area contributed by atoms with E-state index in [1.165, 1.54) is 6.20 Å². The zero-order valence-corrected chi connectivity index (χ0v) is 18.3. The molecule has 0 aliphatic heterocycles. The molecule has 0 saturated carbocycles. The van der Waals surface area contributed by atoms with E-state index < -0.39 is 10.0 Å². The molecular formula is C21H19BClN5O2S. The number of sulfonamides is 1. The quantitative estimate of drug-likeness (QED) is 0.333. The van der Waals surface area contributed by atoms with E-state index in [1.807, 2.05) is 25.1 Å². The smallest absolute Gasteiger partial charge is 0.240 e. The van der Waals surface area contributed by atoms with Crippen LogP contribution < -0.4 is 15.5 Å². The number of anilines is 1. The van der Waals surface area contributed by atoms with Crippen LogP contribution in [0, 0.1) is 6.92 Å². The van der Waals surface area contributed by atoms with Gasteiger partial charge in [-0.1, -0.05) is 47.5 Å². The fraction of sp³-hybridized carbons (Fsp3) is 0.143. The Morgan fingerprint density at radius 3 is 2.58 bits per heavy atom. The van der Waals surface area contributed by atoms with E-state index in [9.17, 15) is 8.42 Å². The molecule has 0 aliphatic rings. The maximum absolute atomic E-state index is 12.4. The Hall–Kier alpha value is -2.88. The molecule has 7 nitrogen and oxygen atoms in total. The van der Waals surface area contributed by atoms with Crippen molar-refractivity contribution in [2.24, 2.45) is 0 Å². The summed E-state index contributed by atoms with van der Waals surface area (Å²) in [7, 11) is 2.43. The van der Waals surface area contributed by atoms with Crippen molar-refractivity contribution in [1.82, 2.24) is 19.3 Å². The third-order valence-corrected chi connectivity index (χ3v) is 6.51. The molecule has 2 radical (unpaired) electrons. The van der Waals surface area contributed by atoms with Gasteiger partial charge in [-0.3, -0.25) is 0 Å². The van der Waals surface area contributed by atoms with Crippen molar-refractivity contribution in [3.05, 3.63) is 71.4 Å². The molecule has 2 aromatic heterocycles. The Kier molecular flexibility index (Phi) is 6.00. The predicted octanol–water partition coefficient (Wildman–Crippen LogP) is 2.54. The normalized spacial score (nSPS) is 11.7. The van der Waals surface area contributed by atoms with Crippen LogP contribution in [0.4, 0.5) is 5.82 Å². The number of nitrogens with one attached hydrogen (secondary N) is 2. The van der Waals surface area contributed by atoms with Gasteiger partial charge in [-0.2, -0.15) is 9.61 Å². The minimum absolute atomic E-state index is 0.179. The first-order valence-corrected chi connectivity index (χ1v) is 11.4. The van der Waals surface area contributed by atoms with Gasteiger partial charge in [-0.05, 0) is 30.6 Å². The van der Waals surface area contributed by atoms with Crippen LogP contribution in [0.2, 0.25) is 5.02 Å². The molecule has 4 rings (SSSR count). The SMILES string of the molecule is [B]c1cnn2c(NCCNS(=O)(=O)c3ccc(C)cc3)cc(-c3ccccc3Cl)nc12. The molecular weight excluding hydrogens is 433 g/mol. The largest absolute Gasteiger partial charge is 0.369 e. The Bertz CT molecular complexity index is 1340. The molecule has 0 aliphatic carbocycles. The van der Waals surface area contributed by atoms with Gasteiger partial charge in [0.05, 0.1) is 10.6 Å². The van der Waals surface area contributed by atoms with Gasteiger partial charge < -0.3 is 5.32 Å². The number of aromatic nitrogens is 3. The monoisotopic (exact) mass is 451 g/mol. The van der Waals surface area contributed by atoms with Gasteiger partial charge in [0.1, 0.15) is 13.7 Å². The minimum atomic E-state index is -3.59. The molecule has 31 heavy (non-hydrogen) atoms. The molecule has 2 aromatic carbocycles. The Morgan fingerprint density at radius 1 is 1.10 bits per heavy atom. The van der Waals surface area contributed by atoms with Gasteiger partial charge in [-0.15, -0.1) is 0 Å². The molecule has 2 N–H and O–H groups in total. The molecule has 0 bridgehead atoms. The van der Waals surface area contributed by atoms with Crippen molar-refractivity contribution in [3.8, 4) is 11.3 Å². The second kappa shape index (κ2) is 8.70. The highest BCUT2D eigenvalue weighted by Gasteiger charge is 2.14. The minimum Gasteiger partial charge on any atom is -0.369 e. The summed E-state index contributed by atoms with van der Waals surface area (Å²) < 4.78 is 29.1. The highest BCUT2D eigenvalue weighted by molar-refractivity contribution is 7.89. The number of aryl methyl sites for hydroxylation is 1. The molecule has 0 fully saturated rings. The van der Waals surface area contributed by atoms with E-state index in [1.54, 1.807) is 40.9 Å². The standard InChI is InChI=1S/C21H19BClN5O2S/c1-14-6-8-15(9-7-14)31(29,30)26-11-10-24-20-12-19(16-4-2-3-5-18(16)23)27-21-17(22)13-25-28(20)21/h2-9,12-13,24,26H,10-11H2,1H3. The molecule has 0 spiro atoms. The van der Waals surface area contributed by atoms with E-state index in [2.05, 4.69) is 20.1 Å². The summed E-state index contributed by atoms with van der Waals surface area (Å²) in [5, 5.41) is 8.02. The van der Waals surface area contributed by atoms with Crippen LogP contribution in [0.1, 0.15) is 5.56 Å². The molecule has 2 heterocycles. The highest BCUT2D eigenvalue weighted by atomic mass is 35.5. The first kappa shape index (κ1) is 21.4. The first-order valence-electron chi connectivity index (χ1n) is 9.54. The zero-order chi connectivity index (χ0) is 22.0. The number of fused-ring (bicyclic) bond motifs is 1. The lowest BCUT2D eigenvalue weighted by atomic mass is 10.0. The van der Waals surface area contributed by atoms with Crippen LogP contribution in [0.3, 0.4) is 0 Å². The van der Waals surface area contributed by atoms with Crippen molar-refractivity contribution >= 4 is 46.4 Å². The van der Waals surface area contributed by atoms with Crippen LogP contribution in [0.5, 0.6) is 0 Å². The van der Waals surface area contributed by atoms with E-state index >= 15 is 0 Å². The fourth-order valence-corrected chi connectivity index (χ4v) is 4.35. The molecule has 0 amide bonds. The first-order chi connectivity index (χ1) is 14.8. The van der Waals surface area contributed by atoms with Crippen LogP contribution in [0.25, 0.3) is 16.9 Å². The number of hydrogen-bond acceptors (Lipinski definition) is 5. The lowest BCUT2D eigenvalue weighted by molar-refractivity contribution is 0.583. The maximum Gasteiger partial charge on any atom is 0.240 e. The van der Waals surface area contributed by atoms with Crippen LogP contribution in [-0.2, 0) is 10.0 Å². The van der Waals surface area contributed by atoms with E-state index in [4.69, 9.17) is 19.4 Å². The second-order valence-corrected chi connectivity index (χ2v) is 9.15. The summed E-state index contributed by atoms with van der Waals surface area (Å²) in [5.41, 5.74) is 3.30. The second-order valence-electron chi connectivity index (χ2n) is 6.98. The summed E-state index contributed by atoms with van der Waals surface area (Å²) in [6, 6.07) is 15.9. The van der Waals surface area contributed by atoms with Gasteiger partial charge in [0.25, 0.3) is 0 Å². The number of hydrogen-bond donors (Lipinski definition) is 2. The molecule has 0 saturated heterocycles. The lowest BCUT2D eigenvalue weighted by Gasteiger charge is -2.12. The van der Waals surface area contributed by atoms with Crippen LogP contribution in [0.15, 0.2) is 65.7 Å². The van der Waals surface area contributed by atoms with E-state index in [0.29, 0.717) is 34.2 Å². The van der Waals surface area contributed by atoms with Crippen molar-refractivity contribution in [1.29, 1.82) is 0 Å². The molecule has 0 unspecified atom stereocenters. The van der Waals surface area contributed by atoms with Crippen LogP contribution >= 0.6 is 11.6 Å². The lowest BCUT2D eigenvalue weighted by Crippen LogP contribution is -2.29. The summed E-state index contributed by atoms with van der Waals surface area (Å²) >= 11 is 6.33. The van der Waals surface area contributed by atoms with Gasteiger partial charge >= 0.3 is 0 Å². The molecule has 156 valence electrons. The number of rotatable bonds is 7. The Labute approximate surface area is 186 Å². The van der Waals surface area contributed by atoms with Crippen molar-refractivity contribution in [2.45, 2.75) is 11.8 Å². The van der Waals surface area contributed by atoms with Gasteiger partial charge in [0, 0.05) is 35.9 Å². The Balaban J connectivity index is 1.53. The molecule has 4 aromatic rings. The third-order valence-electron chi connectivity index (χ3n) is 4.70. The van der Waals surface area contributed by atoms with Crippen molar-refractivity contribution in [2.75, 3.05) is 18.4 Å². The highest BCUT2D eigenvalue weighted by Crippen LogP contribution is 2.28. The molecule has 10 heteroatoms. The molecule has 0 atom stereocenters. The summed E-state index contributed by atoms with van der Waals surface area (Å²) in [4.78, 5) is 4.81. The van der Waals surface area contributed by atoms with Crippen molar-refractivity contribution in [3.63, 3.8) is 0 Å². The average Bonchev–Trinajstić information content (AvgIpc) is 3.13. The van der Waals surface area contributed by atoms with Crippen molar-refractivity contribution < 1.29 is 8.42 Å². The summed E-state index contributed by atoms with van der Waals surface area (Å²) in [6.07, 6.45) is 1.52. The van der Waals surface area contributed by atoms with E-state index in [0.717, 1.165) is 11.1 Å². The average molecular weight is 452 g/mol. The summed E-state index contributed by atoms with van der Waals surface area (Å²) in [6.45, 7) is 2.41. The van der Waals surface area contributed by atoms with Gasteiger partial charge in [-0.25, -0.2) is 18.1 Å². The topological polar surface area (TPSA) is 88.4 Å².